The van der Waals surface area contributed by atoms with Crippen molar-refractivity contribution in [3.05, 3.63) is 29.0 Å². The molecule has 0 unspecified atom stereocenters. The van der Waals surface area contributed by atoms with Gasteiger partial charge in [-0.1, -0.05) is 0 Å². The van der Waals surface area contributed by atoms with Gasteiger partial charge in [0.05, 0.1) is 17.6 Å². The highest BCUT2D eigenvalue weighted by Crippen LogP contribution is 2.23. The number of halogens is 1. The van der Waals surface area contributed by atoms with E-state index in [9.17, 15) is 0 Å². The molecule has 3 rings (SSSR count). The molecule has 7 nitrogen and oxygen atoms in total. The van der Waals surface area contributed by atoms with E-state index in [1.165, 1.54) is 0 Å². The summed E-state index contributed by atoms with van der Waals surface area (Å²) in [7, 11) is 0. The molecule has 3 heterocycles. The van der Waals surface area contributed by atoms with Gasteiger partial charge in [0, 0.05) is 25.5 Å². The van der Waals surface area contributed by atoms with Crippen LogP contribution >= 0.6 is 15.9 Å². The minimum Gasteiger partial charge on any atom is -0.366 e. The van der Waals surface area contributed by atoms with Crippen LogP contribution in [0.3, 0.4) is 0 Å². The molecule has 0 spiro atoms. The van der Waals surface area contributed by atoms with Crippen LogP contribution in [0.15, 0.2) is 23.2 Å². The quantitative estimate of drug-likeness (QED) is 0.843. The molecule has 2 aromatic rings. The average Bonchev–Trinajstić information content (AvgIpc) is 2.96. The molecular weight excluding hydrogens is 324 g/mol. The average molecular weight is 339 g/mol. The number of morpholine rings is 1. The van der Waals surface area contributed by atoms with Crippen LogP contribution in [0.25, 0.3) is 0 Å². The number of rotatable bonds is 3. The van der Waals surface area contributed by atoms with E-state index in [0.717, 1.165) is 23.4 Å². The van der Waals surface area contributed by atoms with Crippen molar-refractivity contribution in [2.24, 2.45) is 0 Å². The van der Waals surface area contributed by atoms with Crippen LogP contribution in [0.4, 0.5) is 5.95 Å². The van der Waals surface area contributed by atoms with Crippen molar-refractivity contribution in [1.82, 2.24) is 24.7 Å². The van der Waals surface area contributed by atoms with E-state index in [0.29, 0.717) is 19.1 Å². The van der Waals surface area contributed by atoms with Crippen molar-refractivity contribution in [1.29, 1.82) is 0 Å². The largest absolute Gasteiger partial charge is 0.366 e. The molecule has 0 N–H and O–H groups in total. The monoisotopic (exact) mass is 338 g/mol. The molecule has 20 heavy (non-hydrogen) atoms. The molecule has 1 aliphatic rings. The maximum absolute atomic E-state index is 5.81. The second-order valence-corrected chi connectivity index (χ2v) is 5.40. The number of ether oxygens (including phenoxy) is 1. The van der Waals surface area contributed by atoms with Crippen molar-refractivity contribution in [3.63, 3.8) is 0 Å². The Bertz CT molecular complexity index is 572. The molecule has 1 saturated heterocycles. The Morgan fingerprint density at radius 3 is 2.95 bits per heavy atom. The normalized spacial score (nSPS) is 19.3. The Morgan fingerprint density at radius 1 is 1.40 bits per heavy atom. The van der Waals surface area contributed by atoms with Crippen molar-refractivity contribution in [2.75, 3.05) is 24.6 Å². The minimum absolute atomic E-state index is 0.0987. The summed E-state index contributed by atoms with van der Waals surface area (Å²) in [6.07, 6.45) is 5.13. The van der Waals surface area contributed by atoms with E-state index in [2.05, 4.69) is 47.9 Å². The molecule has 0 radical (unpaired) electrons. The Balaban J connectivity index is 1.78. The summed E-state index contributed by atoms with van der Waals surface area (Å²) in [5, 5.41) is 8.12. The molecule has 0 aromatic carbocycles. The molecule has 1 fully saturated rings. The first kappa shape index (κ1) is 13.4. The molecule has 2 aromatic heterocycles. The van der Waals surface area contributed by atoms with Crippen LogP contribution in [0.1, 0.15) is 18.9 Å². The summed E-state index contributed by atoms with van der Waals surface area (Å²) in [4.78, 5) is 10.8. The highest BCUT2D eigenvalue weighted by molar-refractivity contribution is 9.10. The second-order valence-electron chi connectivity index (χ2n) is 4.48. The first-order chi connectivity index (χ1) is 9.78. The summed E-state index contributed by atoms with van der Waals surface area (Å²) < 4.78 is 8.68. The third-order valence-electron chi connectivity index (χ3n) is 3.23. The highest BCUT2D eigenvalue weighted by Gasteiger charge is 2.27. The number of hydrogen-bond donors (Lipinski definition) is 0. The first-order valence-corrected chi connectivity index (χ1v) is 7.29. The summed E-state index contributed by atoms with van der Waals surface area (Å²) in [5.41, 5.74) is 0. The van der Waals surface area contributed by atoms with Crippen LogP contribution < -0.4 is 4.90 Å². The first-order valence-electron chi connectivity index (χ1n) is 6.49. The van der Waals surface area contributed by atoms with Gasteiger partial charge in [0.25, 0.3) is 0 Å². The summed E-state index contributed by atoms with van der Waals surface area (Å²) in [6, 6.07) is 0. The van der Waals surface area contributed by atoms with Crippen LogP contribution in [0.5, 0.6) is 0 Å². The summed E-state index contributed by atoms with van der Waals surface area (Å²) in [6.45, 7) is 4.97. The van der Waals surface area contributed by atoms with E-state index >= 15 is 0 Å². The third-order valence-corrected chi connectivity index (χ3v) is 3.64. The molecule has 0 saturated carbocycles. The lowest BCUT2D eigenvalue weighted by Crippen LogP contribution is -2.40. The van der Waals surface area contributed by atoms with E-state index in [-0.39, 0.29) is 6.10 Å². The molecule has 0 aliphatic carbocycles. The molecule has 1 aliphatic heterocycles. The Hall–Kier alpha value is -1.54. The van der Waals surface area contributed by atoms with Crippen LogP contribution in [0.2, 0.25) is 0 Å². The van der Waals surface area contributed by atoms with Crippen molar-refractivity contribution in [2.45, 2.75) is 19.6 Å². The van der Waals surface area contributed by atoms with Gasteiger partial charge in [0.1, 0.15) is 12.4 Å². The van der Waals surface area contributed by atoms with E-state index in [1.807, 2.05) is 4.57 Å². The Kier molecular flexibility index (Phi) is 3.93. The van der Waals surface area contributed by atoms with Gasteiger partial charge in [-0.25, -0.2) is 9.97 Å². The number of hydrogen-bond acceptors (Lipinski definition) is 6. The second kappa shape index (κ2) is 5.84. The fraction of sp³-hybridized carbons (Fsp3) is 0.500. The van der Waals surface area contributed by atoms with Crippen LogP contribution in [-0.4, -0.2) is 44.4 Å². The predicted octanol–water partition coefficient (Wildman–Crippen LogP) is 1.43. The van der Waals surface area contributed by atoms with Gasteiger partial charge in [-0.05, 0) is 22.9 Å². The number of anilines is 1. The molecule has 8 heteroatoms. The fourth-order valence-electron chi connectivity index (χ4n) is 2.21. The van der Waals surface area contributed by atoms with E-state index in [4.69, 9.17) is 4.74 Å². The highest BCUT2D eigenvalue weighted by atomic mass is 79.9. The zero-order chi connectivity index (χ0) is 13.9. The van der Waals surface area contributed by atoms with E-state index < -0.39 is 0 Å². The summed E-state index contributed by atoms with van der Waals surface area (Å²) in [5.74, 6) is 1.57. The van der Waals surface area contributed by atoms with Gasteiger partial charge < -0.3 is 14.2 Å². The zero-order valence-electron chi connectivity index (χ0n) is 11.1. The van der Waals surface area contributed by atoms with Crippen molar-refractivity contribution in [3.8, 4) is 0 Å². The lowest BCUT2D eigenvalue weighted by Gasteiger charge is -2.32. The van der Waals surface area contributed by atoms with E-state index in [1.54, 1.807) is 18.7 Å². The smallest absolute Gasteiger partial charge is 0.225 e. The number of aryl methyl sites for hydroxylation is 1. The van der Waals surface area contributed by atoms with Crippen molar-refractivity contribution < 1.29 is 4.74 Å². The minimum atomic E-state index is -0.0987. The molecule has 0 amide bonds. The SMILES string of the molecule is CCn1cnnc1[C@H]1CN(c2ncc(Br)cn2)CCO1. The van der Waals surface area contributed by atoms with Gasteiger partial charge in [-0.3, -0.25) is 0 Å². The molecular formula is C12H15BrN6O. The van der Waals surface area contributed by atoms with Gasteiger partial charge in [0.2, 0.25) is 5.95 Å². The van der Waals surface area contributed by atoms with Gasteiger partial charge in [-0.15, -0.1) is 10.2 Å². The van der Waals surface area contributed by atoms with Gasteiger partial charge in [-0.2, -0.15) is 0 Å². The topological polar surface area (TPSA) is 69.0 Å². The molecule has 1 atom stereocenters. The maximum atomic E-state index is 5.81. The lowest BCUT2D eigenvalue weighted by atomic mass is 10.2. The van der Waals surface area contributed by atoms with Crippen molar-refractivity contribution >= 4 is 21.9 Å². The Labute approximate surface area is 125 Å². The van der Waals surface area contributed by atoms with Crippen LogP contribution in [-0.2, 0) is 11.3 Å². The number of nitrogens with zero attached hydrogens (tertiary/aromatic N) is 6. The van der Waals surface area contributed by atoms with Gasteiger partial charge in [0.15, 0.2) is 5.82 Å². The van der Waals surface area contributed by atoms with Crippen LogP contribution in [0, 0.1) is 0 Å². The zero-order valence-corrected chi connectivity index (χ0v) is 12.7. The third kappa shape index (κ3) is 2.66. The Morgan fingerprint density at radius 2 is 2.20 bits per heavy atom. The lowest BCUT2D eigenvalue weighted by molar-refractivity contribution is 0.0311. The molecule has 106 valence electrons. The molecule has 0 bridgehead atoms. The maximum Gasteiger partial charge on any atom is 0.225 e. The number of aromatic nitrogens is 5. The predicted molar refractivity (Wildman–Crippen MR) is 76.3 cm³/mol. The fourth-order valence-corrected chi connectivity index (χ4v) is 2.42. The summed E-state index contributed by atoms with van der Waals surface area (Å²) >= 11 is 3.34. The standard InChI is InChI=1S/C12H15BrN6O/c1-2-18-8-16-17-11(18)10-7-19(3-4-20-10)12-14-5-9(13)6-15-12/h5-6,8,10H,2-4,7H2,1H3/t10-/m1/s1. The van der Waals surface area contributed by atoms with Gasteiger partial charge >= 0.3 is 0 Å².